The summed E-state index contributed by atoms with van der Waals surface area (Å²) in [6.07, 6.45) is 6.67. The number of fused-ring (bicyclic) bond motifs is 3. The summed E-state index contributed by atoms with van der Waals surface area (Å²) in [7, 11) is 0. The second-order valence-corrected chi connectivity index (χ2v) is 8.66. The Morgan fingerprint density at radius 1 is 1.28 bits per heavy atom. The van der Waals surface area contributed by atoms with Crippen molar-refractivity contribution < 1.29 is 0 Å². The number of aromatic nitrogens is 5. The van der Waals surface area contributed by atoms with Crippen LogP contribution >= 0.6 is 23.1 Å². The highest BCUT2D eigenvalue weighted by atomic mass is 32.2. The quantitative estimate of drug-likeness (QED) is 0.555. The van der Waals surface area contributed by atoms with Crippen molar-refractivity contribution in [1.29, 1.82) is 0 Å². The molecule has 2 aliphatic carbocycles. The summed E-state index contributed by atoms with van der Waals surface area (Å²) < 4.78 is 3.38. The molecule has 0 bridgehead atoms. The molecule has 0 spiro atoms. The first-order chi connectivity index (χ1) is 12.2. The molecule has 130 valence electrons. The van der Waals surface area contributed by atoms with Gasteiger partial charge in [0.2, 0.25) is 5.16 Å². The zero-order valence-corrected chi connectivity index (χ0v) is 15.3. The second-order valence-electron chi connectivity index (χ2n) is 6.66. The summed E-state index contributed by atoms with van der Waals surface area (Å²) >= 11 is 3.13. The molecule has 2 aliphatic rings. The number of thiazole rings is 1. The predicted octanol–water partition coefficient (Wildman–Crippen LogP) is 2.11. The average Bonchev–Trinajstić information content (AvgIpc) is 3.27. The Morgan fingerprint density at radius 2 is 2.12 bits per heavy atom. The van der Waals surface area contributed by atoms with E-state index in [1.54, 1.807) is 26.5 Å². The van der Waals surface area contributed by atoms with Crippen LogP contribution in [0.1, 0.15) is 53.7 Å². The molecule has 1 saturated carbocycles. The Morgan fingerprint density at radius 3 is 2.96 bits per heavy atom. The SMILES string of the molecule is Nn1c(SCc2cc(=O)n3c4c(sc3n2)CCCC4)nnc1C1CC1. The monoisotopic (exact) mass is 374 g/mol. The molecule has 3 heterocycles. The van der Waals surface area contributed by atoms with Crippen molar-refractivity contribution in [3.63, 3.8) is 0 Å². The van der Waals surface area contributed by atoms with Crippen LogP contribution in [-0.4, -0.2) is 24.3 Å². The minimum atomic E-state index is 0.0212. The Bertz CT molecular complexity index is 1020. The normalized spacial score (nSPS) is 17.1. The molecule has 2 N–H and O–H groups in total. The van der Waals surface area contributed by atoms with Gasteiger partial charge in [0.1, 0.15) is 0 Å². The lowest BCUT2D eigenvalue weighted by Gasteiger charge is -2.10. The molecule has 0 saturated heterocycles. The van der Waals surface area contributed by atoms with Crippen molar-refractivity contribution in [2.45, 2.75) is 55.4 Å². The molecule has 1 fully saturated rings. The molecule has 0 unspecified atom stereocenters. The topological polar surface area (TPSA) is 91.1 Å². The van der Waals surface area contributed by atoms with Crippen LogP contribution in [0.15, 0.2) is 16.0 Å². The van der Waals surface area contributed by atoms with Crippen molar-refractivity contribution in [2.24, 2.45) is 0 Å². The molecule has 0 aliphatic heterocycles. The van der Waals surface area contributed by atoms with Gasteiger partial charge in [0.25, 0.3) is 5.56 Å². The van der Waals surface area contributed by atoms with Gasteiger partial charge in [-0.3, -0.25) is 9.20 Å². The maximum atomic E-state index is 12.6. The van der Waals surface area contributed by atoms with Crippen molar-refractivity contribution in [3.8, 4) is 0 Å². The van der Waals surface area contributed by atoms with Gasteiger partial charge < -0.3 is 5.84 Å². The van der Waals surface area contributed by atoms with Crippen molar-refractivity contribution >= 4 is 28.1 Å². The highest BCUT2D eigenvalue weighted by molar-refractivity contribution is 7.98. The number of hydrogen-bond donors (Lipinski definition) is 1. The van der Waals surface area contributed by atoms with Crippen LogP contribution in [-0.2, 0) is 18.6 Å². The molecular formula is C16H18N6OS2. The molecule has 3 aromatic rings. The van der Waals surface area contributed by atoms with Crippen molar-refractivity contribution in [2.75, 3.05) is 5.84 Å². The van der Waals surface area contributed by atoms with Gasteiger partial charge in [0.05, 0.1) is 5.69 Å². The lowest BCUT2D eigenvalue weighted by Crippen LogP contribution is -2.18. The number of thioether (sulfide) groups is 1. The van der Waals surface area contributed by atoms with Gasteiger partial charge in [0, 0.05) is 28.3 Å². The summed E-state index contributed by atoms with van der Waals surface area (Å²) in [6.45, 7) is 0. The summed E-state index contributed by atoms with van der Waals surface area (Å²) in [4.78, 5) is 19.4. The molecule has 5 rings (SSSR count). The summed E-state index contributed by atoms with van der Waals surface area (Å²) in [6, 6.07) is 1.64. The minimum absolute atomic E-state index is 0.0212. The molecule has 0 aromatic carbocycles. The smallest absolute Gasteiger partial charge is 0.259 e. The first-order valence-corrected chi connectivity index (χ1v) is 10.4. The van der Waals surface area contributed by atoms with Gasteiger partial charge in [-0.05, 0) is 38.5 Å². The van der Waals surface area contributed by atoms with E-state index in [9.17, 15) is 4.79 Å². The molecule has 25 heavy (non-hydrogen) atoms. The molecule has 3 aromatic heterocycles. The molecule has 0 radical (unpaired) electrons. The van der Waals surface area contributed by atoms with Gasteiger partial charge >= 0.3 is 0 Å². The molecule has 0 atom stereocenters. The van der Waals surface area contributed by atoms with Crippen LogP contribution in [0.3, 0.4) is 0 Å². The number of rotatable bonds is 4. The van der Waals surface area contributed by atoms with Crippen LogP contribution in [0.4, 0.5) is 0 Å². The standard InChI is InChI=1S/C16H18N6OS2/c17-22-14(9-5-6-9)19-20-16(22)24-8-10-7-13(23)21-11-3-1-2-4-12(11)25-15(21)18-10/h7,9H,1-6,8,17H2. The third kappa shape index (κ3) is 2.65. The van der Waals surface area contributed by atoms with Crippen LogP contribution in [0.25, 0.3) is 4.96 Å². The lowest BCUT2D eigenvalue weighted by atomic mass is 10.0. The van der Waals surface area contributed by atoms with Gasteiger partial charge in [-0.2, -0.15) is 0 Å². The fourth-order valence-electron chi connectivity index (χ4n) is 3.36. The van der Waals surface area contributed by atoms with E-state index in [1.807, 2.05) is 0 Å². The van der Waals surface area contributed by atoms with E-state index in [0.29, 0.717) is 16.8 Å². The average molecular weight is 374 g/mol. The van der Waals surface area contributed by atoms with Crippen molar-refractivity contribution in [3.05, 3.63) is 38.5 Å². The number of nitrogens with zero attached hydrogens (tertiary/aromatic N) is 5. The Hall–Kier alpha value is -1.87. The molecule has 0 amide bonds. The van der Waals surface area contributed by atoms with Gasteiger partial charge in [-0.1, -0.05) is 11.8 Å². The van der Waals surface area contributed by atoms with E-state index in [0.717, 1.165) is 48.6 Å². The van der Waals surface area contributed by atoms with E-state index in [2.05, 4.69) is 10.2 Å². The number of nitrogens with two attached hydrogens (primary N) is 1. The minimum Gasteiger partial charge on any atom is -0.336 e. The highest BCUT2D eigenvalue weighted by Crippen LogP contribution is 2.39. The van der Waals surface area contributed by atoms with E-state index in [1.165, 1.54) is 28.8 Å². The zero-order chi connectivity index (χ0) is 17.0. The largest absolute Gasteiger partial charge is 0.336 e. The molecule has 7 nitrogen and oxygen atoms in total. The summed E-state index contributed by atoms with van der Waals surface area (Å²) in [5.41, 5.74) is 1.95. The third-order valence-corrected chi connectivity index (χ3v) is 6.92. The number of aryl methyl sites for hydroxylation is 2. The maximum absolute atomic E-state index is 12.6. The van der Waals surface area contributed by atoms with E-state index >= 15 is 0 Å². The number of nitrogen functional groups attached to an aromatic ring is 1. The first-order valence-electron chi connectivity index (χ1n) is 8.57. The fourth-order valence-corrected chi connectivity index (χ4v) is 5.35. The van der Waals surface area contributed by atoms with Crippen LogP contribution in [0.2, 0.25) is 0 Å². The van der Waals surface area contributed by atoms with Gasteiger partial charge in [-0.25, -0.2) is 9.66 Å². The predicted molar refractivity (Wildman–Crippen MR) is 97.7 cm³/mol. The van der Waals surface area contributed by atoms with E-state index < -0.39 is 0 Å². The van der Waals surface area contributed by atoms with Gasteiger partial charge in [0.15, 0.2) is 10.8 Å². The Balaban J connectivity index is 1.42. The fraction of sp³-hybridized carbons (Fsp3) is 0.500. The summed E-state index contributed by atoms with van der Waals surface area (Å²) in [5, 5.41) is 9.03. The first kappa shape index (κ1) is 15.4. The second kappa shape index (κ2) is 5.84. The van der Waals surface area contributed by atoms with E-state index in [-0.39, 0.29) is 5.56 Å². The lowest BCUT2D eigenvalue weighted by molar-refractivity contribution is 0.670. The third-order valence-electron chi connectivity index (χ3n) is 4.80. The van der Waals surface area contributed by atoms with E-state index in [4.69, 9.17) is 10.8 Å². The van der Waals surface area contributed by atoms with Crippen LogP contribution < -0.4 is 11.4 Å². The highest BCUT2D eigenvalue weighted by Gasteiger charge is 2.30. The molecule has 9 heteroatoms. The zero-order valence-electron chi connectivity index (χ0n) is 13.6. The van der Waals surface area contributed by atoms with Crippen LogP contribution in [0.5, 0.6) is 0 Å². The molecular weight excluding hydrogens is 356 g/mol. The van der Waals surface area contributed by atoms with Gasteiger partial charge in [-0.15, -0.1) is 21.5 Å². The Kier molecular flexibility index (Phi) is 3.60. The maximum Gasteiger partial charge on any atom is 0.259 e. The number of hydrogen-bond acceptors (Lipinski definition) is 7. The van der Waals surface area contributed by atoms with Crippen molar-refractivity contribution in [1.82, 2.24) is 24.3 Å². The van der Waals surface area contributed by atoms with Crippen LogP contribution in [0, 0.1) is 0 Å². The summed E-state index contributed by atoms with van der Waals surface area (Å²) in [5.74, 6) is 7.97. The Labute approximate surface area is 152 Å².